The molecular weight excluding hydrogens is 264 g/mol. The Balaban J connectivity index is 2.30. The number of hydrogen-bond donors (Lipinski definition) is 1. The van der Waals surface area contributed by atoms with Gasteiger partial charge in [0.05, 0.1) is 12.0 Å². The van der Waals surface area contributed by atoms with E-state index in [1.165, 1.54) is 11.3 Å². The van der Waals surface area contributed by atoms with Crippen molar-refractivity contribution in [1.29, 1.82) is 0 Å². The van der Waals surface area contributed by atoms with Crippen LogP contribution in [0, 0.1) is 0 Å². The van der Waals surface area contributed by atoms with Gasteiger partial charge in [-0.25, -0.2) is 9.78 Å². The lowest BCUT2D eigenvalue weighted by Gasteiger charge is -2.00. The minimum absolute atomic E-state index is 0.0501. The number of fused-ring (bicyclic) bond motifs is 3. The van der Waals surface area contributed by atoms with Gasteiger partial charge in [0.25, 0.3) is 5.56 Å². The molecule has 0 fully saturated rings. The summed E-state index contributed by atoms with van der Waals surface area (Å²) < 4.78 is 5.81. The molecule has 3 aromatic rings. The minimum atomic E-state index is -0.612. The Morgan fingerprint density at radius 3 is 3.00 bits per heavy atom. The van der Waals surface area contributed by atoms with Crippen LogP contribution in [0.15, 0.2) is 29.1 Å². The second-order valence-corrected chi connectivity index (χ2v) is 4.94. The standard InChI is InChI=1S/C13H10N2O3S/c1-2-18-13(17)10-14-11(16)9-7-5-3-4-6-8(7)19-12(9)15-10/h3-6H,2H2,1H3,(H,14,15,16). The van der Waals surface area contributed by atoms with Gasteiger partial charge in [-0.05, 0) is 13.0 Å². The Morgan fingerprint density at radius 2 is 2.21 bits per heavy atom. The van der Waals surface area contributed by atoms with Crippen molar-refractivity contribution >= 4 is 37.6 Å². The molecule has 0 spiro atoms. The molecule has 0 radical (unpaired) electrons. The van der Waals surface area contributed by atoms with Crippen molar-refractivity contribution in [2.45, 2.75) is 6.92 Å². The highest BCUT2D eigenvalue weighted by atomic mass is 32.1. The lowest BCUT2D eigenvalue weighted by Crippen LogP contribution is -2.17. The zero-order valence-electron chi connectivity index (χ0n) is 10.1. The molecule has 0 atom stereocenters. The van der Waals surface area contributed by atoms with Gasteiger partial charge in [-0.2, -0.15) is 0 Å². The summed E-state index contributed by atoms with van der Waals surface area (Å²) in [4.78, 5) is 30.9. The average Bonchev–Trinajstić information content (AvgIpc) is 2.77. The van der Waals surface area contributed by atoms with Crippen molar-refractivity contribution in [3.8, 4) is 0 Å². The van der Waals surface area contributed by atoms with Crippen molar-refractivity contribution in [1.82, 2.24) is 9.97 Å². The summed E-state index contributed by atoms with van der Waals surface area (Å²) in [5, 5.41) is 1.38. The first-order valence-corrected chi connectivity index (χ1v) is 6.61. The highest BCUT2D eigenvalue weighted by Crippen LogP contribution is 2.29. The van der Waals surface area contributed by atoms with Gasteiger partial charge in [0.2, 0.25) is 5.82 Å². The number of carbonyl (C=O) groups excluding carboxylic acids is 1. The molecular formula is C13H10N2O3S. The quantitative estimate of drug-likeness (QED) is 0.728. The summed E-state index contributed by atoms with van der Waals surface area (Å²) >= 11 is 1.39. The predicted octanol–water partition coefficient (Wildman–Crippen LogP) is 2.31. The Hall–Kier alpha value is -2.21. The lowest BCUT2D eigenvalue weighted by atomic mass is 10.2. The number of thiophene rings is 1. The van der Waals surface area contributed by atoms with E-state index in [9.17, 15) is 9.59 Å². The molecule has 0 unspecified atom stereocenters. The number of benzene rings is 1. The summed E-state index contributed by atoms with van der Waals surface area (Å²) in [6.07, 6.45) is 0. The first-order valence-electron chi connectivity index (χ1n) is 5.79. The SMILES string of the molecule is CCOC(=O)c1nc2sc3ccccc3c2c(=O)[nH]1. The van der Waals surface area contributed by atoms with E-state index >= 15 is 0 Å². The molecule has 3 rings (SSSR count). The van der Waals surface area contributed by atoms with Crippen LogP contribution in [0.3, 0.4) is 0 Å². The first kappa shape index (κ1) is 11.9. The van der Waals surface area contributed by atoms with Gasteiger partial charge in [0.15, 0.2) is 0 Å². The second-order valence-electron chi connectivity index (χ2n) is 3.91. The van der Waals surface area contributed by atoms with Crippen LogP contribution in [-0.4, -0.2) is 22.5 Å². The minimum Gasteiger partial charge on any atom is -0.460 e. The van der Waals surface area contributed by atoms with Crippen molar-refractivity contribution in [2.24, 2.45) is 0 Å². The molecule has 0 aliphatic carbocycles. The maximum atomic E-state index is 12.1. The normalized spacial score (nSPS) is 11.0. The second kappa shape index (κ2) is 4.47. The largest absolute Gasteiger partial charge is 0.460 e. The number of ether oxygens (including phenoxy) is 1. The van der Waals surface area contributed by atoms with E-state index in [0.717, 1.165) is 10.1 Å². The Labute approximate surface area is 111 Å². The van der Waals surface area contributed by atoms with E-state index in [1.807, 2.05) is 24.3 Å². The maximum Gasteiger partial charge on any atom is 0.374 e. The number of rotatable bonds is 2. The molecule has 2 aromatic heterocycles. The Bertz CT molecular complexity index is 835. The number of nitrogens with zero attached hydrogens (tertiary/aromatic N) is 1. The molecule has 2 heterocycles. The number of carbonyl (C=O) groups is 1. The fourth-order valence-corrected chi connectivity index (χ4v) is 3.00. The molecule has 6 heteroatoms. The molecule has 5 nitrogen and oxygen atoms in total. The summed E-state index contributed by atoms with van der Waals surface area (Å²) in [5.74, 6) is -0.662. The first-order chi connectivity index (χ1) is 9.20. The van der Waals surface area contributed by atoms with Crippen LogP contribution in [0.5, 0.6) is 0 Å². The molecule has 0 aliphatic heterocycles. The molecule has 0 saturated heterocycles. The van der Waals surface area contributed by atoms with E-state index in [-0.39, 0.29) is 18.0 Å². The number of H-pyrrole nitrogens is 1. The zero-order valence-corrected chi connectivity index (χ0v) is 10.9. The lowest BCUT2D eigenvalue weighted by molar-refractivity contribution is 0.0512. The van der Waals surface area contributed by atoms with Crippen LogP contribution in [0.2, 0.25) is 0 Å². The molecule has 19 heavy (non-hydrogen) atoms. The van der Waals surface area contributed by atoms with Crippen molar-refractivity contribution in [3.63, 3.8) is 0 Å². The Kier molecular flexibility index (Phi) is 2.79. The number of aromatic amines is 1. The van der Waals surface area contributed by atoms with Gasteiger partial charge in [-0.1, -0.05) is 18.2 Å². The van der Waals surface area contributed by atoms with Gasteiger partial charge in [0.1, 0.15) is 4.83 Å². The van der Waals surface area contributed by atoms with E-state index in [0.29, 0.717) is 10.2 Å². The number of aromatic nitrogens is 2. The van der Waals surface area contributed by atoms with Crippen LogP contribution in [0.1, 0.15) is 17.5 Å². The Morgan fingerprint density at radius 1 is 1.42 bits per heavy atom. The topological polar surface area (TPSA) is 72.0 Å². The van der Waals surface area contributed by atoms with Gasteiger partial charge in [-0.3, -0.25) is 4.79 Å². The zero-order chi connectivity index (χ0) is 13.4. The van der Waals surface area contributed by atoms with E-state index < -0.39 is 5.97 Å². The number of nitrogens with one attached hydrogen (secondary N) is 1. The number of esters is 1. The summed E-state index contributed by atoms with van der Waals surface area (Å²) in [6, 6.07) is 7.56. The van der Waals surface area contributed by atoms with Crippen molar-refractivity contribution < 1.29 is 9.53 Å². The maximum absolute atomic E-state index is 12.1. The van der Waals surface area contributed by atoms with Gasteiger partial charge in [-0.15, -0.1) is 11.3 Å². The molecule has 0 bridgehead atoms. The summed E-state index contributed by atoms with van der Waals surface area (Å²) in [7, 11) is 0. The van der Waals surface area contributed by atoms with Crippen molar-refractivity contribution in [3.05, 3.63) is 40.4 Å². The highest BCUT2D eigenvalue weighted by Gasteiger charge is 2.15. The van der Waals surface area contributed by atoms with Gasteiger partial charge < -0.3 is 9.72 Å². The van der Waals surface area contributed by atoms with Crippen LogP contribution in [-0.2, 0) is 4.74 Å². The summed E-state index contributed by atoms with van der Waals surface area (Å²) in [6.45, 7) is 1.95. The fraction of sp³-hybridized carbons (Fsp3) is 0.154. The van der Waals surface area contributed by atoms with Crippen LogP contribution >= 0.6 is 11.3 Å². The van der Waals surface area contributed by atoms with Crippen LogP contribution in [0.4, 0.5) is 0 Å². The summed E-state index contributed by atoms with van der Waals surface area (Å²) in [5.41, 5.74) is -0.314. The van der Waals surface area contributed by atoms with Crippen LogP contribution in [0.25, 0.3) is 20.3 Å². The molecule has 96 valence electrons. The van der Waals surface area contributed by atoms with E-state index in [2.05, 4.69) is 9.97 Å². The van der Waals surface area contributed by atoms with Crippen LogP contribution < -0.4 is 5.56 Å². The average molecular weight is 274 g/mol. The van der Waals surface area contributed by atoms with E-state index in [1.54, 1.807) is 6.92 Å². The third kappa shape index (κ3) is 1.90. The molecule has 1 N–H and O–H groups in total. The van der Waals surface area contributed by atoms with Gasteiger partial charge in [0, 0.05) is 10.1 Å². The predicted molar refractivity (Wildman–Crippen MR) is 73.7 cm³/mol. The molecule has 0 saturated carbocycles. The molecule has 0 amide bonds. The third-order valence-electron chi connectivity index (χ3n) is 2.72. The van der Waals surface area contributed by atoms with Gasteiger partial charge >= 0.3 is 5.97 Å². The monoisotopic (exact) mass is 274 g/mol. The fourth-order valence-electron chi connectivity index (χ4n) is 1.93. The number of hydrogen-bond acceptors (Lipinski definition) is 5. The van der Waals surface area contributed by atoms with E-state index in [4.69, 9.17) is 4.74 Å². The third-order valence-corrected chi connectivity index (χ3v) is 3.78. The molecule has 1 aromatic carbocycles. The molecule has 0 aliphatic rings. The highest BCUT2D eigenvalue weighted by molar-refractivity contribution is 7.25. The van der Waals surface area contributed by atoms with Crippen molar-refractivity contribution in [2.75, 3.05) is 6.61 Å². The smallest absolute Gasteiger partial charge is 0.374 e.